The minimum Gasteiger partial charge on any atom is -0.408 e. The Morgan fingerprint density at radius 3 is 2.80 bits per heavy atom. The van der Waals surface area contributed by atoms with Gasteiger partial charge in [0, 0.05) is 31.4 Å². The molecule has 0 aliphatic carbocycles. The zero-order chi connectivity index (χ0) is 24.8. The third-order valence-corrected chi connectivity index (χ3v) is 6.75. The molecule has 0 radical (unpaired) electrons. The second-order valence-electron chi connectivity index (χ2n) is 8.23. The van der Waals surface area contributed by atoms with Crippen LogP contribution in [0.15, 0.2) is 63.9 Å². The standard InChI is InChI=1S/C24H28N6O4S/c1-35(32,33)30(13-3-10-25)16-18-4-2-5-19(14-18)20-9-12-27-23(28-20)26-11-8-17-6-7-22-21(15-17)29-24(31)34-22/h2,4-7,9,12,14-15H,3,8,10-11,13,16,25H2,1H3,(H,29,31)(H,26,27,28). The summed E-state index contributed by atoms with van der Waals surface area (Å²) in [6.45, 7) is 1.68. The van der Waals surface area contributed by atoms with Crippen LogP contribution in [0.2, 0.25) is 0 Å². The summed E-state index contributed by atoms with van der Waals surface area (Å²) in [5, 5.41) is 3.23. The molecule has 4 N–H and O–H groups in total. The molecule has 0 atom stereocenters. The van der Waals surface area contributed by atoms with E-state index in [1.165, 1.54) is 10.6 Å². The smallest absolute Gasteiger partial charge is 0.408 e. The van der Waals surface area contributed by atoms with E-state index in [1.54, 1.807) is 12.3 Å². The quantitative estimate of drug-likeness (QED) is 0.287. The lowest BCUT2D eigenvalue weighted by atomic mass is 10.1. The van der Waals surface area contributed by atoms with Gasteiger partial charge in [-0.15, -0.1) is 0 Å². The van der Waals surface area contributed by atoms with Gasteiger partial charge in [-0.05, 0) is 54.8 Å². The lowest BCUT2D eigenvalue weighted by molar-refractivity contribution is 0.405. The van der Waals surface area contributed by atoms with Crippen LogP contribution in [0.3, 0.4) is 0 Å². The molecule has 2 aromatic carbocycles. The first-order valence-electron chi connectivity index (χ1n) is 11.2. The number of aromatic amines is 1. The number of rotatable bonds is 11. The average molecular weight is 497 g/mol. The number of fused-ring (bicyclic) bond motifs is 1. The summed E-state index contributed by atoms with van der Waals surface area (Å²) < 4.78 is 30.8. The summed E-state index contributed by atoms with van der Waals surface area (Å²) in [5.41, 5.74) is 10.3. The Labute approximate surface area is 203 Å². The van der Waals surface area contributed by atoms with Crippen LogP contribution < -0.4 is 16.8 Å². The Hall–Kier alpha value is -3.54. The van der Waals surface area contributed by atoms with Crippen molar-refractivity contribution < 1.29 is 12.8 Å². The number of hydrogen-bond donors (Lipinski definition) is 3. The summed E-state index contributed by atoms with van der Waals surface area (Å²) in [5.74, 6) is 0.0237. The second kappa shape index (κ2) is 10.8. The summed E-state index contributed by atoms with van der Waals surface area (Å²) in [6.07, 6.45) is 4.20. The Balaban J connectivity index is 1.42. The molecule has 0 amide bonds. The van der Waals surface area contributed by atoms with Crippen molar-refractivity contribution in [2.75, 3.05) is 31.2 Å². The van der Waals surface area contributed by atoms with Gasteiger partial charge >= 0.3 is 5.76 Å². The van der Waals surface area contributed by atoms with E-state index in [9.17, 15) is 13.2 Å². The number of nitrogens with zero attached hydrogens (tertiary/aromatic N) is 3. The number of sulfonamides is 1. The predicted octanol–water partition coefficient (Wildman–Crippen LogP) is 2.34. The molecule has 2 aromatic heterocycles. The largest absolute Gasteiger partial charge is 0.417 e. The molecular formula is C24H28N6O4S. The van der Waals surface area contributed by atoms with Crippen molar-refractivity contribution in [2.45, 2.75) is 19.4 Å². The van der Waals surface area contributed by atoms with E-state index in [-0.39, 0.29) is 6.54 Å². The summed E-state index contributed by atoms with van der Waals surface area (Å²) in [6, 6.07) is 15.0. The number of benzene rings is 2. The normalized spacial score (nSPS) is 11.9. The zero-order valence-corrected chi connectivity index (χ0v) is 20.2. The molecule has 11 heteroatoms. The van der Waals surface area contributed by atoms with Crippen molar-refractivity contribution in [3.63, 3.8) is 0 Å². The van der Waals surface area contributed by atoms with Gasteiger partial charge in [0.2, 0.25) is 16.0 Å². The molecule has 0 saturated heterocycles. The first-order valence-corrected chi connectivity index (χ1v) is 13.1. The van der Waals surface area contributed by atoms with Crippen molar-refractivity contribution in [2.24, 2.45) is 5.73 Å². The minimum absolute atomic E-state index is 0.273. The van der Waals surface area contributed by atoms with Crippen molar-refractivity contribution >= 4 is 27.1 Å². The molecule has 0 bridgehead atoms. The van der Waals surface area contributed by atoms with E-state index in [0.29, 0.717) is 49.5 Å². The fourth-order valence-corrected chi connectivity index (χ4v) is 4.58. The van der Waals surface area contributed by atoms with E-state index in [1.807, 2.05) is 42.5 Å². The number of nitrogens with one attached hydrogen (secondary N) is 2. The molecule has 0 spiro atoms. The highest BCUT2D eigenvalue weighted by Gasteiger charge is 2.16. The molecule has 35 heavy (non-hydrogen) atoms. The Morgan fingerprint density at radius 1 is 1.14 bits per heavy atom. The van der Waals surface area contributed by atoms with Crippen LogP contribution in [0, 0.1) is 0 Å². The zero-order valence-electron chi connectivity index (χ0n) is 19.4. The van der Waals surface area contributed by atoms with Gasteiger partial charge in [-0.1, -0.05) is 24.3 Å². The van der Waals surface area contributed by atoms with Crippen LogP contribution >= 0.6 is 0 Å². The average Bonchev–Trinajstić information content (AvgIpc) is 3.21. The van der Waals surface area contributed by atoms with Gasteiger partial charge in [0.05, 0.1) is 17.5 Å². The van der Waals surface area contributed by atoms with Crippen LogP contribution in [-0.4, -0.2) is 53.6 Å². The predicted molar refractivity (Wildman–Crippen MR) is 135 cm³/mol. The van der Waals surface area contributed by atoms with Crippen LogP contribution in [0.25, 0.3) is 22.4 Å². The van der Waals surface area contributed by atoms with E-state index < -0.39 is 15.8 Å². The Bertz CT molecular complexity index is 1460. The lowest BCUT2D eigenvalue weighted by Crippen LogP contribution is -2.31. The molecule has 2 heterocycles. The van der Waals surface area contributed by atoms with Crippen LogP contribution in [0.4, 0.5) is 5.95 Å². The van der Waals surface area contributed by atoms with Crippen LogP contribution in [0.5, 0.6) is 0 Å². The van der Waals surface area contributed by atoms with Gasteiger partial charge in [-0.2, -0.15) is 4.31 Å². The molecule has 0 aliphatic heterocycles. The highest BCUT2D eigenvalue weighted by Crippen LogP contribution is 2.21. The maximum atomic E-state index is 12.1. The summed E-state index contributed by atoms with van der Waals surface area (Å²) >= 11 is 0. The number of hydrogen-bond acceptors (Lipinski definition) is 8. The van der Waals surface area contributed by atoms with E-state index >= 15 is 0 Å². The molecule has 0 fully saturated rings. The van der Waals surface area contributed by atoms with Gasteiger partial charge in [0.15, 0.2) is 5.58 Å². The maximum Gasteiger partial charge on any atom is 0.417 e. The SMILES string of the molecule is CS(=O)(=O)N(CCCN)Cc1cccc(-c2ccnc(NCCc3ccc4oc(=O)[nH]c4c3)n2)c1. The highest BCUT2D eigenvalue weighted by atomic mass is 32.2. The first-order chi connectivity index (χ1) is 16.8. The molecule has 0 saturated carbocycles. The molecular weight excluding hydrogens is 468 g/mol. The van der Waals surface area contributed by atoms with Crippen molar-refractivity contribution in [1.82, 2.24) is 19.3 Å². The number of anilines is 1. The Kier molecular flexibility index (Phi) is 7.59. The number of H-pyrrole nitrogens is 1. The van der Waals surface area contributed by atoms with Crippen molar-refractivity contribution in [3.8, 4) is 11.3 Å². The molecule has 10 nitrogen and oxygen atoms in total. The monoisotopic (exact) mass is 496 g/mol. The topological polar surface area (TPSA) is 147 Å². The Morgan fingerprint density at radius 2 is 2.00 bits per heavy atom. The van der Waals surface area contributed by atoms with Crippen LogP contribution in [0.1, 0.15) is 17.5 Å². The molecule has 4 rings (SSSR count). The highest BCUT2D eigenvalue weighted by molar-refractivity contribution is 7.88. The van der Waals surface area contributed by atoms with Gasteiger partial charge in [-0.25, -0.2) is 23.2 Å². The first kappa shape index (κ1) is 24.6. The van der Waals surface area contributed by atoms with Gasteiger partial charge < -0.3 is 15.5 Å². The second-order valence-corrected chi connectivity index (χ2v) is 10.2. The van der Waals surface area contributed by atoms with E-state index in [2.05, 4.69) is 20.3 Å². The molecule has 0 aliphatic rings. The number of oxazole rings is 1. The van der Waals surface area contributed by atoms with Gasteiger partial charge in [0.1, 0.15) is 0 Å². The molecule has 0 unspecified atom stereocenters. The maximum absolute atomic E-state index is 12.1. The van der Waals surface area contributed by atoms with E-state index in [4.69, 9.17) is 10.2 Å². The minimum atomic E-state index is -3.34. The summed E-state index contributed by atoms with van der Waals surface area (Å²) in [4.78, 5) is 22.9. The third kappa shape index (κ3) is 6.53. The number of aromatic nitrogens is 3. The molecule has 4 aromatic rings. The van der Waals surface area contributed by atoms with Crippen molar-refractivity contribution in [1.29, 1.82) is 0 Å². The molecule has 184 valence electrons. The van der Waals surface area contributed by atoms with Crippen LogP contribution in [-0.2, 0) is 23.0 Å². The van der Waals surface area contributed by atoms with Crippen molar-refractivity contribution in [3.05, 3.63) is 76.4 Å². The third-order valence-electron chi connectivity index (χ3n) is 5.50. The number of nitrogens with two attached hydrogens (primary N) is 1. The fraction of sp³-hybridized carbons (Fsp3) is 0.292. The van der Waals surface area contributed by atoms with Gasteiger partial charge in [-0.3, -0.25) is 4.98 Å². The van der Waals surface area contributed by atoms with E-state index in [0.717, 1.165) is 22.4 Å². The fourth-order valence-electron chi connectivity index (χ4n) is 3.74. The van der Waals surface area contributed by atoms with Gasteiger partial charge in [0.25, 0.3) is 0 Å². The lowest BCUT2D eigenvalue weighted by Gasteiger charge is -2.20. The summed E-state index contributed by atoms with van der Waals surface area (Å²) in [7, 11) is -3.34.